The number of halogens is 1. The number of amides is 1. The predicted molar refractivity (Wildman–Crippen MR) is 76.8 cm³/mol. The molecule has 2 N–H and O–H groups in total. The Morgan fingerprint density at radius 2 is 2.00 bits per heavy atom. The molecule has 0 heterocycles. The smallest absolute Gasteiger partial charge is 0.255 e. The van der Waals surface area contributed by atoms with Crippen molar-refractivity contribution in [3.8, 4) is 11.5 Å². The lowest BCUT2D eigenvalue weighted by Gasteiger charge is -2.08. The summed E-state index contributed by atoms with van der Waals surface area (Å²) in [6, 6.07) is 11.6. The van der Waals surface area contributed by atoms with Crippen molar-refractivity contribution in [3.05, 3.63) is 52.5 Å². The van der Waals surface area contributed by atoms with Gasteiger partial charge >= 0.3 is 0 Å². The van der Waals surface area contributed by atoms with Gasteiger partial charge in [0.15, 0.2) is 0 Å². The quantitative estimate of drug-likeness (QED) is 0.852. The Balaban J connectivity index is 2.21. The van der Waals surface area contributed by atoms with Crippen molar-refractivity contribution in [2.24, 2.45) is 0 Å². The first-order chi connectivity index (χ1) is 9.11. The first kappa shape index (κ1) is 13.4. The van der Waals surface area contributed by atoms with E-state index in [1.807, 2.05) is 0 Å². The van der Waals surface area contributed by atoms with Crippen molar-refractivity contribution >= 4 is 27.5 Å². The minimum Gasteiger partial charge on any atom is -0.506 e. The highest BCUT2D eigenvalue weighted by molar-refractivity contribution is 9.10. The Kier molecular flexibility index (Phi) is 4.06. The zero-order valence-electron chi connectivity index (χ0n) is 10.2. The summed E-state index contributed by atoms with van der Waals surface area (Å²) >= 11 is 3.32. The molecule has 0 fully saturated rings. The van der Waals surface area contributed by atoms with Gasteiger partial charge in [-0.25, -0.2) is 0 Å². The number of aromatic hydroxyl groups is 1. The molecule has 5 heteroatoms. The normalized spacial score (nSPS) is 10.0. The highest BCUT2D eigenvalue weighted by atomic mass is 79.9. The zero-order valence-corrected chi connectivity index (χ0v) is 11.8. The summed E-state index contributed by atoms with van der Waals surface area (Å²) in [5, 5.41) is 12.2. The minimum absolute atomic E-state index is 0.0310. The van der Waals surface area contributed by atoms with Crippen LogP contribution in [0.5, 0.6) is 11.5 Å². The molecule has 1 amide bonds. The maximum Gasteiger partial charge on any atom is 0.255 e. The Morgan fingerprint density at radius 1 is 1.26 bits per heavy atom. The van der Waals surface area contributed by atoms with E-state index < -0.39 is 0 Å². The molecule has 2 aromatic carbocycles. The largest absolute Gasteiger partial charge is 0.506 e. The van der Waals surface area contributed by atoms with Crippen molar-refractivity contribution in [2.75, 3.05) is 12.4 Å². The van der Waals surface area contributed by atoms with Gasteiger partial charge < -0.3 is 15.2 Å². The summed E-state index contributed by atoms with van der Waals surface area (Å²) < 4.78 is 5.79. The van der Waals surface area contributed by atoms with Crippen LogP contribution < -0.4 is 10.1 Å². The molecule has 0 radical (unpaired) electrons. The number of hydrogen-bond acceptors (Lipinski definition) is 3. The summed E-state index contributed by atoms with van der Waals surface area (Å²) in [5.74, 6) is 0.382. The maximum absolute atomic E-state index is 12.0. The lowest BCUT2D eigenvalue weighted by atomic mass is 10.2. The maximum atomic E-state index is 12.0. The van der Waals surface area contributed by atoms with Gasteiger partial charge in [0.2, 0.25) is 0 Å². The van der Waals surface area contributed by atoms with Gasteiger partial charge in [-0.1, -0.05) is 12.1 Å². The summed E-state index contributed by atoms with van der Waals surface area (Å²) in [7, 11) is 1.56. The highest BCUT2D eigenvalue weighted by Crippen LogP contribution is 2.27. The van der Waals surface area contributed by atoms with E-state index in [0.717, 1.165) is 0 Å². The first-order valence-electron chi connectivity index (χ1n) is 5.54. The average molecular weight is 322 g/mol. The van der Waals surface area contributed by atoms with E-state index in [9.17, 15) is 9.90 Å². The number of benzene rings is 2. The molecule has 98 valence electrons. The first-order valence-corrected chi connectivity index (χ1v) is 6.34. The number of phenols is 1. The molecule has 4 nitrogen and oxygen atoms in total. The van der Waals surface area contributed by atoms with Crippen molar-refractivity contribution in [3.63, 3.8) is 0 Å². The van der Waals surface area contributed by atoms with Gasteiger partial charge in [0.25, 0.3) is 5.91 Å². The number of methoxy groups -OCH3 is 1. The number of anilines is 1. The van der Waals surface area contributed by atoms with Crippen molar-refractivity contribution in [2.45, 2.75) is 0 Å². The molecule has 0 bridgehead atoms. The fraction of sp³-hybridized carbons (Fsp3) is 0.0714. The van der Waals surface area contributed by atoms with E-state index in [-0.39, 0.29) is 11.7 Å². The molecule has 0 atom stereocenters. The molecular weight excluding hydrogens is 310 g/mol. The zero-order chi connectivity index (χ0) is 13.8. The predicted octanol–water partition coefficient (Wildman–Crippen LogP) is 3.42. The summed E-state index contributed by atoms with van der Waals surface area (Å²) in [5.41, 5.74) is 0.843. The van der Waals surface area contributed by atoms with Gasteiger partial charge in [0.1, 0.15) is 11.5 Å². The molecule has 0 spiro atoms. The Labute approximate surface area is 119 Å². The van der Waals surface area contributed by atoms with E-state index in [1.54, 1.807) is 43.5 Å². The highest BCUT2D eigenvalue weighted by Gasteiger charge is 2.10. The summed E-state index contributed by atoms with van der Waals surface area (Å²) in [6.07, 6.45) is 0. The molecule has 0 aliphatic rings. The van der Waals surface area contributed by atoms with Crippen LogP contribution in [0.4, 0.5) is 5.69 Å². The standard InChI is InChI=1S/C14H12BrNO3/c1-19-13-7-6-9(8-10(13)15)14(18)16-11-4-2-3-5-12(11)17/h2-8,17H,1H3,(H,16,18). The molecule has 0 unspecified atom stereocenters. The number of hydrogen-bond donors (Lipinski definition) is 2. The van der Waals surface area contributed by atoms with Gasteiger partial charge in [0.05, 0.1) is 17.3 Å². The van der Waals surface area contributed by atoms with Gasteiger partial charge in [-0.05, 0) is 46.3 Å². The van der Waals surface area contributed by atoms with Crippen LogP contribution in [0.3, 0.4) is 0 Å². The van der Waals surface area contributed by atoms with Gasteiger partial charge in [-0.2, -0.15) is 0 Å². The Morgan fingerprint density at radius 3 is 2.63 bits per heavy atom. The topological polar surface area (TPSA) is 58.6 Å². The molecule has 19 heavy (non-hydrogen) atoms. The lowest BCUT2D eigenvalue weighted by molar-refractivity contribution is 0.102. The second-order valence-corrected chi connectivity index (χ2v) is 4.67. The Hall–Kier alpha value is -2.01. The third kappa shape index (κ3) is 3.06. The van der Waals surface area contributed by atoms with E-state index in [4.69, 9.17) is 4.74 Å². The second-order valence-electron chi connectivity index (χ2n) is 3.82. The number of phenolic OH excluding ortho intramolecular Hbond substituents is 1. The second kappa shape index (κ2) is 5.75. The molecule has 2 rings (SSSR count). The third-order valence-corrected chi connectivity index (χ3v) is 3.19. The fourth-order valence-corrected chi connectivity index (χ4v) is 2.12. The van der Waals surface area contributed by atoms with E-state index >= 15 is 0 Å². The van der Waals surface area contributed by atoms with Gasteiger partial charge in [-0.3, -0.25) is 4.79 Å². The fourth-order valence-electron chi connectivity index (χ4n) is 1.58. The molecule has 0 aliphatic carbocycles. The van der Waals surface area contributed by atoms with E-state index in [1.165, 1.54) is 6.07 Å². The van der Waals surface area contributed by atoms with Gasteiger partial charge in [0, 0.05) is 5.56 Å². The molecule has 0 aromatic heterocycles. The van der Waals surface area contributed by atoms with E-state index in [2.05, 4.69) is 21.2 Å². The van der Waals surface area contributed by atoms with Crippen molar-refractivity contribution < 1.29 is 14.6 Å². The number of carbonyl (C=O) groups is 1. The van der Waals surface area contributed by atoms with Crippen LogP contribution in [0, 0.1) is 0 Å². The molecule has 0 saturated carbocycles. The van der Waals surface area contributed by atoms with Crippen LogP contribution >= 0.6 is 15.9 Å². The number of nitrogens with one attached hydrogen (secondary N) is 1. The summed E-state index contributed by atoms with van der Waals surface area (Å²) in [4.78, 5) is 12.0. The van der Waals surface area contributed by atoms with Crippen LogP contribution in [-0.2, 0) is 0 Å². The van der Waals surface area contributed by atoms with Crippen LogP contribution in [0.2, 0.25) is 0 Å². The molecule has 2 aromatic rings. The van der Waals surface area contributed by atoms with Crippen LogP contribution in [-0.4, -0.2) is 18.1 Å². The van der Waals surface area contributed by atoms with Gasteiger partial charge in [-0.15, -0.1) is 0 Å². The summed E-state index contributed by atoms with van der Waals surface area (Å²) in [6.45, 7) is 0. The van der Waals surface area contributed by atoms with Crippen LogP contribution in [0.15, 0.2) is 46.9 Å². The lowest BCUT2D eigenvalue weighted by Crippen LogP contribution is -2.12. The van der Waals surface area contributed by atoms with Crippen LogP contribution in [0.1, 0.15) is 10.4 Å². The number of rotatable bonds is 3. The van der Waals surface area contributed by atoms with Crippen molar-refractivity contribution in [1.29, 1.82) is 0 Å². The average Bonchev–Trinajstić information content (AvgIpc) is 2.41. The molecule has 0 saturated heterocycles. The van der Waals surface area contributed by atoms with E-state index in [0.29, 0.717) is 21.5 Å². The third-order valence-electron chi connectivity index (χ3n) is 2.57. The monoisotopic (exact) mass is 321 g/mol. The molecular formula is C14H12BrNO3. The minimum atomic E-state index is -0.301. The van der Waals surface area contributed by atoms with Crippen molar-refractivity contribution in [1.82, 2.24) is 0 Å². The Bertz CT molecular complexity index is 613. The van der Waals surface area contributed by atoms with Crippen LogP contribution in [0.25, 0.3) is 0 Å². The SMILES string of the molecule is COc1ccc(C(=O)Nc2ccccc2O)cc1Br. The number of ether oxygens (including phenoxy) is 1. The molecule has 0 aliphatic heterocycles. The number of carbonyl (C=O) groups excluding carboxylic acids is 1. The number of para-hydroxylation sites is 2.